The Labute approximate surface area is 92.8 Å². The van der Waals surface area contributed by atoms with E-state index in [1.54, 1.807) is 6.20 Å². The van der Waals surface area contributed by atoms with Crippen molar-refractivity contribution in [2.24, 2.45) is 14.1 Å². The lowest BCUT2D eigenvalue weighted by Crippen LogP contribution is -1.91. The van der Waals surface area contributed by atoms with Crippen molar-refractivity contribution in [1.29, 1.82) is 0 Å². The summed E-state index contributed by atoms with van der Waals surface area (Å²) in [7, 11) is 3.80. The van der Waals surface area contributed by atoms with Crippen LogP contribution in [0.1, 0.15) is 0 Å². The Morgan fingerprint density at radius 1 is 1.21 bits per heavy atom. The summed E-state index contributed by atoms with van der Waals surface area (Å²) in [4.78, 5) is 8.37. The highest BCUT2D eigenvalue weighted by atomic mass is 32.1. The maximum absolute atomic E-state index is 4.29. The van der Waals surface area contributed by atoms with Crippen molar-refractivity contribution in [2.45, 2.75) is 10.3 Å². The van der Waals surface area contributed by atoms with Crippen LogP contribution in [-0.4, -0.2) is 19.1 Å². The first kappa shape index (κ1) is 9.67. The maximum atomic E-state index is 4.29. The quantitative estimate of drug-likeness (QED) is 0.721. The Kier molecular flexibility index (Phi) is 2.32. The molecule has 0 unspecified atom stereocenters. The molecule has 2 aromatic heterocycles. The zero-order valence-corrected chi connectivity index (χ0v) is 9.63. The summed E-state index contributed by atoms with van der Waals surface area (Å²) in [6.07, 6.45) is 3.66. The molecule has 0 radical (unpaired) electrons. The number of aromatic nitrogens is 4. The van der Waals surface area contributed by atoms with E-state index >= 15 is 0 Å². The highest BCUT2D eigenvalue weighted by Crippen LogP contribution is 2.20. The Hall–Kier alpha value is -0.880. The number of hydrogen-bond donors (Lipinski definition) is 2. The Morgan fingerprint density at radius 2 is 1.93 bits per heavy atom. The minimum absolute atomic E-state index is 0.673. The van der Waals surface area contributed by atoms with Gasteiger partial charge in [-0.05, 0) is 0 Å². The van der Waals surface area contributed by atoms with E-state index in [-0.39, 0.29) is 0 Å². The van der Waals surface area contributed by atoms with Gasteiger partial charge in [-0.15, -0.1) is 25.3 Å². The predicted molar refractivity (Wildman–Crippen MR) is 59.9 cm³/mol. The van der Waals surface area contributed by atoms with Gasteiger partial charge < -0.3 is 9.13 Å². The summed E-state index contributed by atoms with van der Waals surface area (Å²) in [6, 6.07) is 0. The molecule has 0 aliphatic carbocycles. The number of rotatable bonds is 1. The standard InChI is InChI=1S/C8H10N4S2/c1-11-4-5(10-8(11)14)6-3-9-7(13)12(6)2/h3-4H,1-2H3,(H,9,13)(H,10,14). The predicted octanol–water partition coefficient (Wildman–Crippen LogP) is 1.40. The molecule has 2 rings (SSSR count). The van der Waals surface area contributed by atoms with E-state index in [4.69, 9.17) is 0 Å². The third kappa shape index (κ3) is 1.44. The van der Waals surface area contributed by atoms with Crippen LogP contribution < -0.4 is 0 Å². The fourth-order valence-electron chi connectivity index (χ4n) is 1.22. The first-order valence-corrected chi connectivity index (χ1v) is 4.92. The van der Waals surface area contributed by atoms with Gasteiger partial charge in [-0.1, -0.05) is 0 Å². The highest BCUT2D eigenvalue weighted by molar-refractivity contribution is 7.80. The van der Waals surface area contributed by atoms with Gasteiger partial charge in [0.2, 0.25) is 0 Å². The van der Waals surface area contributed by atoms with Crippen molar-refractivity contribution in [3.8, 4) is 11.4 Å². The minimum atomic E-state index is 0.673. The van der Waals surface area contributed by atoms with Crippen LogP contribution >= 0.6 is 25.3 Å². The Morgan fingerprint density at radius 3 is 2.36 bits per heavy atom. The molecule has 0 saturated heterocycles. The second-order valence-electron chi connectivity index (χ2n) is 3.04. The van der Waals surface area contributed by atoms with Crippen molar-refractivity contribution in [1.82, 2.24) is 19.1 Å². The molecule has 0 spiro atoms. The van der Waals surface area contributed by atoms with Gasteiger partial charge in [0.15, 0.2) is 10.3 Å². The third-order valence-corrected chi connectivity index (χ3v) is 2.91. The molecule has 0 bridgehead atoms. The molecule has 6 heteroatoms. The fraction of sp³-hybridized carbons (Fsp3) is 0.250. The van der Waals surface area contributed by atoms with Gasteiger partial charge >= 0.3 is 0 Å². The van der Waals surface area contributed by atoms with E-state index in [0.29, 0.717) is 10.3 Å². The molecular formula is C8H10N4S2. The molecule has 14 heavy (non-hydrogen) atoms. The molecule has 0 aromatic carbocycles. The number of nitrogens with zero attached hydrogens (tertiary/aromatic N) is 4. The molecule has 2 aromatic rings. The molecule has 4 nitrogen and oxygen atoms in total. The zero-order chi connectivity index (χ0) is 10.3. The summed E-state index contributed by atoms with van der Waals surface area (Å²) < 4.78 is 3.72. The first-order valence-electron chi connectivity index (χ1n) is 4.03. The molecular weight excluding hydrogens is 216 g/mol. The Bertz CT molecular complexity index is 452. The zero-order valence-electron chi connectivity index (χ0n) is 7.84. The van der Waals surface area contributed by atoms with Crippen LogP contribution in [-0.2, 0) is 14.1 Å². The van der Waals surface area contributed by atoms with Gasteiger partial charge in [0.1, 0.15) is 5.69 Å². The average molecular weight is 226 g/mol. The molecule has 0 aliphatic rings. The maximum Gasteiger partial charge on any atom is 0.165 e. The molecule has 74 valence electrons. The first-order chi connectivity index (χ1) is 6.59. The van der Waals surface area contributed by atoms with Gasteiger partial charge in [0.05, 0.1) is 11.9 Å². The van der Waals surface area contributed by atoms with Crippen molar-refractivity contribution >= 4 is 25.3 Å². The van der Waals surface area contributed by atoms with Gasteiger partial charge in [0.25, 0.3) is 0 Å². The summed E-state index contributed by atoms with van der Waals surface area (Å²) in [5.41, 5.74) is 1.79. The summed E-state index contributed by atoms with van der Waals surface area (Å²) in [5.74, 6) is 0. The molecule has 0 fully saturated rings. The molecule has 0 N–H and O–H groups in total. The van der Waals surface area contributed by atoms with Crippen molar-refractivity contribution in [2.75, 3.05) is 0 Å². The van der Waals surface area contributed by atoms with Crippen molar-refractivity contribution in [3.63, 3.8) is 0 Å². The number of thiol groups is 2. The van der Waals surface area contributed by atoms with Crippen molar-refractivity contribution in [3.05, 3.63) is 12.4 Å². The second-order valence-corrected chi connectivity index (χ2v) is 3.84. The van der Waals surface area contributed by atoms with Crippen molar-refractivity contribution < 1.29 is 0 Å². The molecule has 0 atom stereocenters. The Balaban J connectivity index is 2.54. The SMILES string of the molecule is Cn1cc(-c2cnc(S)n2C)nc1S. The van der Waals surface area contributed by atoms with Crippen LogP contribution in [0.15, 0.2) is 22.7 Å². The van der Waals surface area contributed by atoms with Crippen LogP contribution in [0, 0.1) is 0 Å². The molecule has 2 heterocycles. The van der Waals surface area contributed by atoms with E-state index in [1.807, 2.05) is 29.4 Å². The van der Waals surface area contributed by atoms with Crippen LogP contribution in [0.4, 0.5) is 0 Å². The summed E-state index contributed by atoms with van der Waals surface area (Å²) in [5, 5.41) is 1.35. The van der Waals surface area contributed by atoms with Gasteiger partial charge in [-0.3, -0.25) is 0 Å². The second kappa shape index (κ2) is 3.36. The number of hydrogen-bond acceptors (Lipinski definition) is 4. The third-order valence-electron chi connectivity index (χ3n) is 2.08. The minimum Gasteiger partial charge on any atom is -0.329 e. The van der Waals surface area contributed by atoms with E-state index < -0.39 is 0 Å². The largest absolute Gasteiger partial charge is 0.329 e. The number of aryl methyl sites for hydroxylation is 1. The molecule has 0 amide bonds. The lowest BCUT2D eigenvalue weighted by molar-refractivity contribution is 0.792. The normalized spacial score (nSPS) is 10.9. The van der Waals surface area contributed by atoms with Gasteiger partial charge in [-0.2, -0.15) is 0 Å². The summed E-state index contributed by atoms with van der Waals surface area (Å²) in [6.45, 7) is 0. The van der Waals surface area contributed by atoms with E-state index in [1.165, 1.54) is 0 Å². The fourth-order valence-corrected chi connectivity index (χ4v) is 1.55. The number of imidazole rings is 2. The smallest absolute Gasteiger partial charge is 0.165 e. The van der Waals surface area contributed by atoms with Crippen LogP contribution in [0.5, 0.6) is 0 Å². The average Bonchev–Trinajstić information content (AvgIpc) is 2.61. The van der Waals surface area contributed by atoms with Crippen LogP contribution in [0.25, 0.3) is 11.4 Å². The summed E-state index contributed by atoms with van der Waals surface area (Å²) >= 11 is 8.41. The highest BCUT2D eigenvalue weighted by Gasteiger charge is 2.09. The monoisotopic (exact) mass is 226 g/mol. The molecule has 0 aliphatic heterocycles. The van der Waals surface area contributed by atoms with E-state index in [0.717, 1.165) is 11.4 Å². The van der Waals surface area contributed by atoms with Crippen LogP contribution in [0.2, 0.25) is 0 Å². The van der Waals surface area contributed by atoms with Gasteiger partial charge in [0, 0.05) is 20.3 Å². The lowest BCUT2D eigenvalue weighted by atomic mass is 10.3. The van der Waals surface area contributed by atoms with Crippen LogP contribution in [0.3, 0.4) is 0 Å². The molecule has 0 saturated carbocycles. The van der Waals surface area contributed by atoms with Gasteiger partial charge in [-0.25, -0.2) is 9.97 Å². The van der Waals surface area contributed by atoms with E-state index in [2.05, 4.69) is 35.2 Å². The van der Waals surface area contributed by atoms with E-state index in [9.17, 15) is 0 Å². The lowest BCUT2D eigenvalue weighted by Gasteiger charge is -1.98. The topological polar surface area (TPSA) is 35.6 Å².